The van der Waals surface area contributed by atoms with Crippen molar-refractivity contribution in [2.45, 2.75) is 31.0 Å². The van der Waals surface area contributed by atoms with Gasteiger partial charge in [-0.3, -0.25) is 0 Å². The molecule has 0 aromatic heterocycles. The number of nitrogens with zero attached hydrogens (tertiary/aromatic N) is 1. The Balaban J connectivity index is 1.75. The third-order valence-electron chi connectivity index (χ3n) is 6.60. The summed E-state index contributed by atoms with van der Waals surface area (Å²) in [6, 6.07) is 34.1. The zero-order valence-electron chi connectivity index (χ0n) is 19.8. The summed E-state index contributed by atoms with van der Waals surface area (Å²) in [6.45, 7) is 2.04. The highest BCUT2D eigenvalue weighted by atomic mass is 19.4. The van der Waals surface area contributed by atoms with Crippen LogP contribution in [0.15, 0.2) is 121 Å². The van der Waals surface area contributed by atoms with E-state index in [2.05, 4.69) is 0 Å². The molecule has 1 heterocycles. The van der Waals surface area contributed by atoms with Gasteiger partial charge in [0.25, 0.3) is 0 Å². The second-order valence-electron chi connectivity index (χ2n) is 8.85. The first-order valence-corrected chi connectivity index (χ1v) is 12.0. The highest BCUT2D eigenvalue weighted by molar-refractivity contribution is 5.81. The highest BCUT2D eigenvalue weighted by Gasteiger charge is 2.65. The number of hydroxylamine groups is 1. The number of aryl methyl sites for hydroxylation is 1. The van der Waals surface area contributed by atoms with E-state index in [0.29, 0.717) is 28.1 Å². The van der Waals surface area contributed by atoms with Crippen molar-refractivity contribution in [3.63, 3.8) is 0 Å². The van der Waals surface area contributed by atoms with Crippen molar-refractivity contribution in [2.75, 3.05) is 5.06 Å². The molecule has 2 nitrogen and oxygen atoms in total. The molecule has 0 spiro atoms. The van der Waals surface area contributed by atoms with Crippen molar-refractivity contribution < 1.29 is 18.0 Å². The van der Waals surface area contributed by atoms with Gasteiger partial charge in [-0.1, -0.05) is 110 Å². The van der Waals surface area contributed by atoms with Crippen molar-refractivity contribution in [3.8, 4) is 0 Å². The van der Waals surface area contributed by atoms with Crippen LogP contribution in [0.5, 0.6) is 0 Å². The maximum atomic E-state index is 15.3. The van der Waals surface area contributed by atoms with Gasteiger partial charge >= 0.3 is 6.18 Å². The summed E-state index contributed by atoms with van der Waals surface area (Å²) in [5.41, 5.74) is 1.03. The summed E-state index contributed by atoms with van der Waals surface area (Å²) in [5, 5.41) is 1.33. The Bertz CT molecular complexity index is 1280. The molecule has 1 aliphatic rings. The van der Waals surface area contributed by atoms with Gasteiger partial charge in [-0.05, 0) is 41.3 Å². The van der Waals surface area contributed by atoms with Crippen LogP contribution in [0.3, 0.4) is 0 Å². The molecule has 4 aromatic carbocycles. The van der Waals surface area contributed by atoms with Crippen LogP contribution in [0.1, 0.15) is 35.1 Å². The van der Waals surface area contributed by atoms with E-state index < -0.39 is 17.7 Å². The van der Waals surface area contributed by atoms with E-state index in [0.717, 1.165) is 12.0 Å². The van der Waals surface area contributed by atoms with E-state index >= 15 is 13.2 Å². The summed E-state index contributed by atoms with van der Waals surface area (Å²) < 4.78 is 46.0. The molecule has 4 aromatic rings. The number of rotatable bonds is 6. The van der Waals surface area contributed by atoms with Crippen LogP contribution in [-0.4, -0.2) is 11.8 Å². The molecule has 182 valence electrons. The molecule has 0 saturated carbocycles. The third-order valence-corrected chi connectivity index (χ3v) is 6.60. The lowest BCUT2D eigenvalue weighted by Gasteiger charge is -2.38. The van der Waals surface area contributed by atoms with Crippen molar-refractivity contribution in [2.24, 2.45) is 0 Å². The van der Waals surface area contributed by atoms with Crippen molar-refractivity contribution in [1.82, 2.24) is 0 Å². The van der Waals surface area contributed by atoms with Crippen LogP contribution >= 0.6 is 0 Å². The lowest BCUT2D eigenvalue weighted by Crippen LogP contribution is -2.51. The predicted molar refractivity (Wildman–Crippen MR) is 137 cm³/mol. The molecular weight excluding hydrogens is 459 g/mol. The summed E-state index contributed by atoms with van der Waals surface area (Å²) in [7, 11) is 0. The third kappa shape index (κ3) is 4.31. The molecule has 0 radical (unpaired) electrons. The average molecular weight is 486 g/mol. The fraction of sp³-hybridized carbons (Fsp3) is 0.161. The van der Waals surface area contributed by atoms with E-state index in [1.807, 2.05) is 49.4 Å². The van der Waals surface area contributed by atoms with E-state index in [1.165, 1.54) is 11.1 Å². The Hall–Kier alpha value is -3.83. The zero-order chi connectivity index (χ0) is 25.2. The van der Waals surface area contributed by atoms with Crippen LogP contribution in [0.4, 0.5) is 18.9 Å². The summed E-state index contributed by atoms with van der Waals surface area (Å²) in [4.78, 5) is 6.13. The van der Waals surface area contributed by atoms with Crippen molar-refractivity contribution in [3.05, 3.63) is 144 Å². The topological polar surface area (TPSA) is 12.5 Å². The van der Waals surface area contributed by atoms with Crippen LogP contribution < -0.4 is 5.06 Å². The Morgan fingerprint density at radius 3 is 1.69 bits per heavy atom. The standard InChI is InChI=1S/C31H26F3NO/c1-2-23-18-20-27(21-19-23)35-28(24-12-6-3-7-13-24)22-30(36-35,31(32,33)34)29(25-14-8-4-9-15-25)26-16-10-5-11-17-26/h3-22,29H,2H2,1H3. The van der Waals surface area contributed by atoms with Gasteiger partial charge in [0.1, 0.15) is 0 Å². The van der Waals surface area contributed by atoms with Crippen LogP contribution in [-0.2, 0) is 11.3 Å². The Morgan fingerprint density at radius 1 is 0.722 bits per heavy atom. The number of halogens is 3. The molecular formula is C31H26F3NO. The van der Waals surface area contributed by atoms with E-state index in [4.69, 9.17) is 4.84 Å². The average Bonchev–Trinajstić information content (AvgIpc) is 3.33. The molecule has 5 rings (SSSR count). The van der Waals surface area contributed by atoms with Crippen LogP contribution in [0.25, 0.3) is 5.70 Å². The largest absolute Gasteiger partial charge is 0.424 e. The normalized spacial score (nSPS) is 17.9. The lowest BCUT2D eigenvalue weighted by atomic mass is 9.76. The van der Waals surface area contributed by atoms with Gasteiger partial charge in [0.05, 0.1) is 17.3 Å². The zero-order valence-corrected chi connectivity index (χ0v) is 19.8. The van der Waals surface area contributed by atoms with E-state index in [1.54, 1.807) is 72.8 Å². The fourth-order valence-corrected chi connectivity index (χ4v) is 4.77. The van der Waals surface area contributed by atoms with Gasteiger partial charge in [-0.25, -0.2) is 9.90 Å². The molecule has 0 amide bonds. The predicted octanol–water partition coefficient (Wildman–Crippen LogP) is 8.17. The minimum absolute atomic E-state index is 0.356. The summed E-state index contributed by atoms with van der Waals surface area (Å²) in [5.74, 6) is -1.13. The Labute approximate surface area is 209 Å². The first-order chi connectivity index (χ1) is 17.4. The first-order valence-electron chi connectivity index (χ1n) is 12.0. The smallest absolute Gasteiger partial charge is 0.247 e. The number of anilines is 1. The van der Waals surface area contributed by atoms with E-state index in [9.17, 15) is 0 Å². The van der Waals surface area contributed by atoms with Gasteiger partial charge in [-0.15, -0.1) is 0 Å². The molecule has 0 bridgehead atoms. The SMILES string of the molecule is CCc1ccc(N2OC(C(c3ccccc3)c3ccccc3)(C(F)(F)F)C=C2c2ccccc2)cc1. The maximum absolute atomic E-state index is 15.3. The number of hydrogen-bond acceptors (Lipinski definition) is 2. The number of hydrogen-bond donors (Lipinski definition) is 0. The first kappa shape index (κ1) is 23.9. The number of benzene rings is 4. The summed E-state index contributed by atoms with van der Waals surface area (Å²) >= 11 is 0. The molecule has 0 saturated heterocycles. The molecule has 5 heteroatoms. The van der Waals surface area contributed by atoms with Gasteiger partial charge in [0, 0.05) is 5.56 Å². The van der Waals surface area contributed by atoms with E-state index in [-0.39, 0.29) is 0 Å². The number of alkyl halides is 3. The lowest BCUT2D eigenvalue weighted by molar-refractivity contribution is -0.257. The molecule has 1 atom stereocenters. The van der Waals surface area contributed by atoms with Gasteiger partial charge in [0.2, 0.25) is 5.60 Å². The quantitative estimate of drug-likeness (QED) is 0.273. The summed E-state index contributed by atoms with van der Waals surface area (Å²) in [6.07, 6.45) is -2.64. The Morgan fingerprint density at radius 2 is 1.22 bits per heavy atom. The van der Waals surface area contributed by atoms with Crippen LogP contribution in [0.2, 0.25) is 0 Å². The van der Waals surface area contributed by atoms with Crippen molar-refractivity contribution >= 4 is 11.4 Å². The maximum Gasteiger partial charge on any atom is 0.424 e. The van der Waals surface area contributed by atoms with Gasteiger partial charge < -0.3 is 0 Å². The fourth-order valence-electron chi connectivity index (χ4n) is 4.77. The molecule has 0 N–H and O–H groups in total. The molecule has 0 fully saturated rings. The molecule has 36 heavy (non-hydrogen) atoms. The minimum Gasteiger partial charge on any atom is -0.247 e. The molecule has 1 aliphatic heterocycles. The molecule has 0 aliphatic carbocycles. The van der Waals surface area contributed by atoms with Crippen LogP contribution in [0, 0.1) is 0 Å². The highest BCUT2D eigenvalue weighted by Crippen LogP contribution is 2.54. The molecule has 1 unspecified atom stereocenters. The van der Waals surface area contributed by atoms with Gasteiger partial charge in [-0.2, -0.15) is 13.2 Å². The second-order valence-corrected chi connectivity index (χ2v) is 8.85. The monoisotopic (exact) mass is 485 g/mol. The van der Waals surface area contributed by atoms with Crippen molar-refractivity contribution in [1.29, 1.82) is 0 Å². The Kier molecular flexibility index (Phi) is 6.42. The second kappa shape index (κ2) is 9.67. The minimum atomic E-state index is -4.72. The van der Waals surface area contributed by atoms with Gasteiger partial charge in [0.15, 0.2) is 0 Å².